The molecule has 112 valence electrons. The van der Waals surface area contributed by atoms with Crippen molar-refractivity contribution in [2.75, 3.05) is 0 Å². The van der Waals surface area contributed by atoms with E-state index in [1.165, 1.54) is 6.08 Å². The van der Waals surface area contributed by atoms with Crippen LogP contribution < -0.4 is 0 Å². The Morgan fingerprint density at radius 1 is 1.05 bits per heavy atom. The molecule has 5 nitrogen and oxygen atoms in total. The molecular weight excluding hydrogens is 260 g/mol. The fourth-order valence-electron chi connectivity index (χ4n) is 2.24. The van der Waals surface area contributed by atoms with Gasteiger partial charge in [-0.15, -0.1) is 0 Å². The van der Waals surface area contributed by atoms with Crippen LogP contribution in [0.15, 0.2) is 11.6 Å². The van der Waals surface area contributed by atoms with E-state index >= 15 is 0 Å². The maximum Gasteiger partial charge on any atom is 0.324 e. The number of hydrogen-bond acceptors (Lipinski definition) is 5. The highest BCUT2D eigenvalue weighted by molar-refractivity contribution is 6.07. The van der Waals surface area contributed by atoms with Crippen LogP contribution in [0.5, 0.6) is 0 Å². The summed E-state index contributed by atoms with van der Waals surface area (Å²) in [4.78, 5) is 36.5. The van der Waals surface area contributed by atoms with Gasteiger partial charge in [-0.05, 0) is 47.1 Å². The predicted molar refractivity (Wildman–Crippen MR) is 72.9 cm³/mol. The Kier molecular flexibility index (Phi) is 5.09. The second-order valence-electron chi connectivity index (χ2n) is 5.80. The lowest BCUT2D eigenvalue weighted by molar-refractivity contribution is -0.179. The highest BCUT2D eigenvalue weighted by Crippen LogP contribution is 2.38. The minimum atomic E-state index is -1.54. The Bertz CT molecular complexity index is 423. The van der Waals surface area contributed by atoms with E-state index in [1.54, 1.807) is 34.6 Å². The average Bonchev–Trinajstić information content (AvgIpc) is 2.25. The summed E-state index contributed by atoms with van der Waals surface area (Å²) >= 11 is 0. The number of allylic oxidation sites excluding steroid dienone is 2. The minimum absolute atomic E-state index is 0.163. The topological polar surface area (TPSA) is 69.7 Å². The van der Waals surface area contributed by atoms with Crippen molar-refractivity contribution in [2.24, 2.45) is 5.41 Å². The average molecular weight is 282 g/mol. The zero-order valence-electron chi connectivity index (χ0n) is 12.7. The minimum Gasteiger partial charge on any atom is -0.462 e. The number of ketones is 1. The normalized spacial score (nSPS) is 17.9. The Hall–Kier alpha value is -1.65. The first-order chi connectivity index (χ1) is 9.17. The molecule has 0 radical (unpaired) electrons. The van der Waals surface area contributed by atoms with Gasteiger partial charge in [0.25, 0.3) is 0 Å². The van der Waals surface area contributed by atoms with E-state index in [0.29, 0.717) is 5.57 Å². The van der Waals surface area contributed by atoms with Crippen LogP contribution in [0, 0.1) is 5.41 Å². The van der Waals surface area contributed by atoms with E-state index in [9.17, 15) is 14.4 Å². The molecule has 0 heterocycles. The van der Waals surface area contributed by atoms with Crippen LogP contribution in [0.4, 0.5) is 0 Å². The molecule has 1 aliphatic carbocycles. The number of rotatable bonds is 4. The molecule has 1 rings (SSSR count). The van der Waals surface area contributed by atoms with Gasteiger partial charge in [0.05, 0.1) is 12.2 Å². The molecule has 0 fully saturated rings. The first-order valence-electron chi connectivity index (χ1n) is 6.79. The molecule has 0 aromatic carbocycles. The van der Waals surface area contributed by atoms with E-state index in [1.807, 2.05) is 0 Å². The third-order valence-corrected chi connectivity index (χ3v) is 2.93. The number of hydrogen-bond donors (Lipinski definition) is 0. The SMILES string of the molecule is CC1=CC(=O)CC(C(=O)OC(C)C)(C(=O)OC(C)C)C1. The summed E-state index contributed by atoms with van der Waals surface area (Å²) in [5, 5.41) is 0. The van der Waals surface area contributed by atoms with E-state index in [-0.39, 0.29) is 30.8 Å². The number of carbonyl (C=O) groups is 3. The van der Waals surface area contributed by atoms with Gasteiger partial charge in [0, 0.05) is 6.42 Å². The molecule has 0 amide bonds. The standard InChI is InChI=1S/C15H22O5/c1-9(2)19-13(17)15(14(18)20-10(3)4)7-11(5)6-12(16)8-15/h6,9-10H,7-8H2,1-5H3. The van der Waals surface area contributed by atoms with Gasteiger partial charge in [-0.25, -0.2) is 0 Å². The van der Waals surface area contributed by atoms with Gasteiger partial charge < -0.3 is 9.47 Å². The van der Waals surface area contributed by atoms with Crippen molar-refractivity contribution in [1.82, 2.24) is 0 Å². The lowest BCUT2D eigenvalue weighted by Crippen LogP contribution is -2.46. The molecule has 0 aromatic rings. The Morgan fingerprint density at radius 3 is 1.85 bits per heavy atom. The molecule has 0 atom stereocenters. The molecule has 0 bridgehead atoms. The Labute approximate surface area is 119 Å². The molecule has 20 heavy (non-hydrogen) atoms. The van der Waals surface area contributed by atoms with E-state index < -0.39 is 17.4 Å². The number of carbonyl (C=O) groups excluding carboxylic acids is 3. The summed E-state index contributed by atoms with van der Waals surface area (Å²) in [7, 11) is 0. The van der Waals surface area contributed by atoms with Crippen LogP contribution in [0.3, 0.4) is 0 Å². The first-order valence-corrected chi connectivity index (χ1v) is 6.79. The Morgan fingerprint density at radius 2 is 1.50 bits per heavy atom. The zero-order chi connectivity index (χ0) is 15.5. The third-order valence-electron chi connectivity index (χ3n) is 2.93. The molecule has 0 aromatic heterocycles. The van der Waals surface area contributed by atoms with Crippen molar-refractivity contribution in [3.8, 4) is 0 Å². The van der Waals surface area contributed by atoms with Gasteiger partial charge >= 0.3 is 11.9 Å². The van der Waals surface area contributed by atoms with Gasteiger partial charge in [0.2, 0.25) is 0 Å². The monoisotopic (exact) mass is 282 g/mol. The van der Waals surface area contributed by atoms with Crippen LogP contribution in [0.1, 0.15) is 47.5 Å². The predicted octanol–water partition coefficient (Wildman–Crippen LogP) is 2.19. The van der Waals surface area contributed by atoms with Crippen LogP contribution in [0.2, 0.25) is 0 Å². The summed E-state index contributed by atoms with van der Waals surface area (Å²) in [5.41, 5.74) is -0.854. The molecule has 0 N–H and O–H groups in total. The van der Waals surface area contributed by atoms with Gasteiger partial charge in [-0.3, -0.25) is 14.4 Å². The fraction of sp³-hybridized carbons (Fsp3) is 0.667. The largest absolute Gasteiger partial charge is 0.462 e. The lowest BCUT2D eigenvalue weighted by atomic mass is 9.73. The summed E-state index contributed by atoms with van der Waals surface area (Å²) < 4.78 is 10.3. The lowest BCUT2D eigenvalue weighted by Gasteiger charge is -2.32. The highest BCUT2D eigenvalue weighted by atomic mass is 16.6. The molecule has 0 saturated heterocycles. The van der Waals surface area contributed by atoms with Crippen molar-refractivity contribution in [3.63, 3.8) is 0 Å². The van der Waals surface area contributed by atoms with Crippen LogP contribution >= 0.6 is 0 Å². The third kappa shape index (κ3) is 3.68. The van der Waals surface area contributed by atoms with Crippen molar-refractivity contribution in [3.05, 3.63) is 11.6 Å². The smallest absolute Gasteiger partial charge is 0.324 e. The Balaban J connectivity index is 3.13. The van der Waals surface area contributed by atoms with Gasteiger partial charge in [0.1, 0.15) is 0 Å². The van der Waals surface area contributed by atoms with Crippen LogP contribution in [-0.4, -0.2) is 29.9 Å². The van der Waals surface area contributed by atoms with Gasteiger partial charge in [-0.2, -0.15) is 0 Å². The number of ether oxygens (including phenoxy) is 2. The quantitative estimate of drug-likeness (QED) is 0.584. The summed E-state index contributed by atoms with van der Waals surface area (Å²) in [6.45, 7) is 8.52. The second kappa shape index (κ2) is 6.20. The summed E-state index contributed by atoms with van der Waals surface area (Å²) in [6.07, 6.45) is 0.723. The zero-order valence-corrected chi connectivity index (χ0v) is 12.7. The molecule has 5 heteroatoms. The summed E-state index contributed by atoms with van der Waals surface area (Å²) in [5.74, 6) is -1.62. The molecule has 0 unspecified atom stereocenters. The van der Waals surface area contributed by atoms with Crippen molar-refractivity contribution in [1.29, 1.82) is 0 Å². The molecule has 0 aliphatic heterocycles. The molecule has 0 saturated carbocycles. The van der Waals surface area contributed by atoms with Crippen LogP contribution in [0.25, 0.3) is 0 Å². The maximum atomic E-state index is 12.3. The van der Waals surface area contributed by atoms with Gasteiger partial charge in [-0.1, -0.05) is 5.57 Å². The highest BCUT2D eigenvalue weighted by Gasteiger charge is 2.52. The van der Waals surface area contributed by atoms with E-state index in [4.69, 9.17) is 9.47 Å². The van der Waals surface area contributed by atoms with E-state index in [2.05, 4.69) is 0 Å². The van der Waals surface area contributed by atoms with Crippen molar-refractivity contribution in [2.45, 2.75) is 59.7 Å². The fourth-order valence-corrected chi connectivity index (χ4v) is 2.24. The van der Waals surface area contributed by atoms with Crippen molar-refractivity contribution < 1.29 is 23.9 Å². The van der Waals surface area contributed by atoms with Gasteiger partial charge in [0.15, 0.2) is 11.2 Å². The maximum absolute atomic E-state index is 12.3. The molecule has 1 aliphatic rings. The van der Waals surface area contributed by atoms with Crippen molar-refractivity contribution >= 4 is 17.7 Å². The molecular formula is C15H22O5. The van der Waals surface area contributed by atoms with E-state index in [0.717, 1.165) is 0 Å². The molecule has 0 spiro atoms. The summed E-state index contributed by atoms with van der Waals surface area (Å²) in [6, 6.07) is 0. The van der Waals surface area contributed by atoms with Crippen LogP contribution in [-0.2, 0) is 23.9 Å². The second-order valence-corrected chi connectivity index (χ2v) is 5.80. The number of esters is 2. The first kappa shape index (κ1) is 16.4.